The van der Waals surface area contributed by atoms with Crippen LogP contribution in [-0.2, 0) is 0 Å². The molecule has 0 unspecified atom stereocenters. The first-order valence-electron chi connectivity index (χ1n) is 5.65. The molecule has 1 saturated carbocycles. The number of ketones is 1. The second-order valence-corrected chi connectivity index (χ2v) is 6.87. The van der Waals surface area contributed by atoms with Crippen LogP contribution >= 0.6 is 38.9 Å². The minimum Gasteiger partial charge on any atom is -0.293 e. The van der Waals surface area contributed by atoms with Crippen LogP contribution in [0.5, 0.6) is 0 Å². The van der Waals surface area contributed by atoms with Gasteiger partial charge in [-0.15, -0.1) is 11.3 Å². The van der Waals surface area contributed by atoms with Crippen molar-refractivity contribution in [2.75, 3.05) is 0 Å². The van der Waals surface area contributed by atoms with Crippen molar-refractivity contribution in [3.63, 3.8) is 0 Å². The maximum atomic E-state index is 12.0. The topological polar surface area (TPSA) is 17.1 Å². The number of thiophene rings is 1. The van der Waals surface area contributed by atoms with Crippen molar-refractivity contribution in [1.82, 2.24) is 0 Å². The van der Waals surface area contributed by atoms with Crippen molar-refractivity contribution in [2.45, 2.75) is 38.5 Å². The Balaban J connectivity index is 1.96. The van der Waals surface area contributed by atoms with E-state index in [0.29, 0.717) is 16.7 Å². The van der Waals surface area contributed by atoms with E-state index < -0.39 is 0 Å². The van der Waals surface area contributed by atoms with Gasteiger partial charge in [-0.3, -0.25) is 4.79 Å². The molecular weight excluding hydrogens is 308 g/mol. The van der Waals surface area contributed by atoms with Gasteiger partial charge in [-0.05, 0) is 27.9 Å². The summed E-state index contributed by atoms with van der Waals surface area (Å²) >= 11 is 10.7. The van der Waals surface area contributed by atoms with Gasteiger partial charge in [-0.2, -0.15) is 0 Å². The third kappa shape index (κ3) is 3.08. The Labute approximate surface area is 113 Å². The van der Waals surface area contributed by atoms with E-state index in [2.05, 4.69) is 15.9 Å². The van der Waals surface area contributed by atoms with Crippen LogP contribution < -0.4 is 0 Å². The van der Waals surface area contributed by atoms with Gasteiger partial charge in [0.15, 0.2) is 5.78 Å². The van der Waals surface area contributed by atoms with Crippen molar-refractivity contribution in [3.05, 3.63) is 19.8 Å². The molecule has 1 fully saturated rings. The van der Waals surface area contributed by atoms with Gasteiger partial charge in [-0.25, -0.2) is 0 Å². The molecule has 0 radical (unpaired) electrons. The third-order valence-electron chi connectivity index (χ3n) is 3.12. The SMILES string of the molecule is O=C(CC1CCCCC1)c1cc(Br)c(Cl)s1. The summed E-state index contributed by atoms with van der Waals surface area (Å²) < 4.78 is 1.51. The average Bonchev–Trinajstić information content (AvgIpc) is 2.61. The molecule has 1 aromatic heterocycles. The molecule has 88 valence electrons. The molecule has 16 heavy (non-hydrogen) atoms. The van der Waals surface area contributed by atoms with Gasteiger partial charge in [0.05, 0.1) is 4.88 Å². The minimum absolute atomic E-state index is 0.254. The van der Waals surface area contributed by atoms with E-state index in [9.17, 15) is 4.79 Å². The summed E-state index contributed by atoms with van der Waals surface area (Å²) in [6.07, 6.45) is 7.03. The number of Topliss-reactive ketones (excluding diaryl/α,β-unsaturated/α-hetero) is 1. The van der Waals surface area contributed by atoms with Crippen molar-refractivity contribution in [3.8, 4) is 0 Å². The lowest BCUT2D eigenvalue weighted by Crippen LogP contribution is -2.11. The molecule has 4 heteroatoms. The number of carbonyl (C=O) groups excluding carboxylic acids is 1. The van der Waals surface area contributed by atoms with Crippen molar-refractivity contribution in [2.24, 2.45) is 5.92 Å². The summed E-state index contributed by atoms with van der Waals surface area (Å²) in [7, 11) is 0. The fourth-order valence-electron chi connectivity index (χ4n) is 2.24. The van der Waals surface area contributed by atoms with E-state index >= 15 is 0 Å². The molecule has 1 aliphatic rings. The quantitative estimate of drug-likeness (QED) is 0.689. The number of rotatable bonds is 3. The first-order chi connectivity index (χ1) is 7.66. The molecule has 1 aliphatic carbocycles. The molecule has 1 nitrogen and oxygen atoms in total. The minimum atomic E-state index is 0.254. The van der Waals surface area contributed by atoms with Gasteiger partial charge in [0.1, 0.15) is 4.34 Å². The highest BCUT2D eigenvalue weighted by Crippen LogP contribution is 2.34. The lowest BCUT2D eigenvalue weighted by atomic mass is 9.85. The Kier molecular flexibility index (Phi) is 4.45. The van der Waals surface area contributed by atoms with Crippen LogP contribution in [0.1, 0.15) is 48.2 Å². The predicted molar refractivity (Wildman–Crippen MR) is 72.6 cm³/mol. The van der Waals surface area contributed by atoms with Crippen LogP contribution in [0.3, 0.4) is 0 Å². The monoisotopic (exact) mass is 320 g/mol. The largest absolute Gasteiger partial charge is 0.293 e. The molecule has 1 heterocycles. The molecule has 0 spiro atoms. The smallest absolute Gasteiger partial charge is 0.173 e. The molecular formula is C12H14BrClOS. The van der Waals surface area contributed by atoms with Crippen LogP contribution in [0.15, 0.2) is 10.5 Å². The van der Waals surface area contributed by atoms with Crippen LogP contribution in [0, 0.1) is 5.92 Å². The summed E-state index contributed by atoms with van der Waals surface area (Å²) in [5, 5.41) is 0. The van der Waals surface area contributed by atoms with E-state index in [1.165, 1.54) is 43.4 Å². The van der Waals surface area contributed by atoms with Crippen LogP contribution in [0.25, 0.3) is 0 Å². The Hall–Kier alpha value is 0.140. The summed E-state index contributed by atoms with van der Waals surface area (Å²) in [5.74, 6) is 0.852. The normalized spacial score (nSPS) is 17.6. The maximum absolute atomic E-state index is 12.0. The van der Waals surface area contributed by atoms with Crippen LogP contribution in [0.4, 0.5) is 0 Å². The zero-order valence-electron chi connectivity index (χ0n) is 8.97. The zero-order valence-corrected chi connectivity index (χ0v) is 12.1. The first kappa shape index (κ1) is 12.6. The average molecular weight is 322 g/mol. The van der Waals surface area contributed by atoms with Crippen molar-refractivity contribution < 1.29 is 4.79 Å². The predicted octanol–water partition coefficient (Wildman–Crippen LogP) is 5.32. The summed E-state index contributed by atoms with van der Waals surface area (Å²) in [6.45, 7) is 0. The maximum Gasteiger partial charge on any atom is 0.173 e. The molecule has 0 amide bonds. The highest BCUT2D eigenvalue weighted by Gasteiger charge is 2.19. The number of hydrogen-bond acceptors (Lipinski definition) is 2. The van der Waals surface area contributed by atoms with Crippen molar-refractivity contribution >= 4 is 44.7 Å². The highest BCUT2D eigenvalue weighted by atomic mass is 79.9. The molecule has 0 saturated heterocycles. The van der Waals surface area contributed by atoms with Gasteiger partial charge in [0.25, 0.3) is 0 Å². The molecule has 0 atom stereocenters. The van der Waals surface area contributed by atoms with Crippen molar-refractivity contribution in [1.29, 1.82) is 0 Å². The Morgan fingerprint density at radius 1 is 1.44 bits per heavy atom. The van der Waals surface area contributed by atoms with Crippen LogP contribution in [-0.4, -0.2) is 5.78 Å². The third-order valence-corrected chi connectivity index (χ3v) is 5.63. The lowest BCUT2D eigenvalue weighted by molar-refractivity contribution is 0.0954. The zero-order chi connectivity index (χ0) is 11.5. The Morgan fingerprint density at radius 2 is 2.12 bits per heavy atom. The summed E-state index contributed by atoms with van der Waals surface area (Å²) in [6, 6.07) is 1.85. The molecule has 0 aliphatic heterocycles. The molecule has 2 rings (SSSR count). The van der Waals surface area contributed by atoms with Gasteiger partial charge >= 0.3 is 0 Å². The van der Waals surface area contributed by atoms with E-state index in [4.69, 9.17) is 11.6 Å². The lowest BCUT2D eigenvalue weighted by Gasteiger charge is -2.20. The number of hydrogen-bond donors (Lipinski definition) is 0. The summed E-state index contributed by atoms with van der Waals surface area (Å²) in [5.41, 5.74) is 0. The fourth-order valence-corrected chi connectivity index (χ4v) is 3.89. The molecule has 0 bridgehead atoms. The Bertz CT molecular complexity index is 363. The van der Waals surface area contributed by atoms with E-state index in [1.807, 2.05) is 6.07 Å². The Morgan fingerprint density at radius 3 is 2.69 bits per heavy atom. The van der Waals surface area contributed by atoms with Gasteiger partial charge in [0.2, 0.25) is 0 Å². The molecule has 0 N–H and O–H groups in total. The highest BCUT2D eigenvalue weighted by molar-refractivity contribution is 9.10. The molecule has 1 aromatic rings. The second kappa shape index (κ2) is 5.65. The van der Waals surface area contributed by atoms with E-state index in [-0.39, 0.29) is 5.78 Å². The van der Waals surface area contributed by atoms with Gasteiger partial charge in [0, 0.05) is 10.9 Å². The first-order valence-corrected chi connectivity index (χ1v) is 7.63. The summed E-state index contributed by atoms with van der Waals surface area (Å²) in [4.78, 5) is 12.8. The van der Waals surface area contributed by atoms with Gasteiger partial charge in [-0.1, -0.05) is 43.7 Å². The standard InChI is InChI=1S/C12H14BrClOS/c13-9-7-11(16-12(9)14)10(15)6-8-4-2-1-3-5-8/h7-8H,1-6H2. The number of halogens is 2. The van der Waals surface area contributed by atoms with Crippen LogP contribution in [0.2, 0.25) is 4.34 Å². The van der Waals surface area contributed by atoms with E-state index in [0.717, 1.165) is 9.35 Å². The van der Waals surface area contributed by atoms with Gasteiger partial charge < -0.3 is 0 Å². The second-order valence-electron chi connectivity index (χ2n) is 4.36. The fraction of sp³-hybridized carbons (Fsp3) is 0.583. The van der Waals surface area contributed by atoms with E-state index in [1.54, 1.807) is 0 Å². The molecule has 0 aromatic carbocycles. The number of carbonyl (C=O) groups is 1.